The van der Waals surface area contributed by atoms with Gasteiger partial charge in [0, 0.05) is 0 Å². The van der Waals surface area contributed by atoms with Gasteiger partial charge in [-0.1, -0.05) is 13.8 Å². The minimum absolute atomic E-state index is 0.164. The molecule has 0 heterocycles. The zero-order valence-electron chi connectivity index (χ0n) is 9.83. The van der Waals surface area contributed by atoms with Crippen LogP contribution in [0.25, 0.3) is 0 Å². The van der Waals surface area contributed by atoms with Crippen molar-refractivity contribution in [2.24, 2.45) is 10.8 Å². The zero-order valence-corrected chi connectivity index (χ0v) is 9.83. The van der Waals surface area contributed by atoms with Crippen LogP contribution in [0.4, 0.5) is 0 Å². The molecule has 0 saturated carbocycles. The van der Waals surface area contributed by atoms with Crippen LogP contribution in [-0.2, 0) is 9.59 Å². The second kappa shape index (κ2) is 4.64. The van der Waals surface area contributed by atoms with Gasteiger partial charge in [0.1, 0.15) is 0 Å². The molecule has 0 fully saturated rings. The van der Waals surface area contributed by atoms with Crippen molar-refractivity contribution in [1.29, 1.82) is 0 Å². The first-order valence-electron chi connectivity index (χ1n) is 5.18. The van der Waals surface area contributed by atoms with Gasteiger partial charge in [0.25, 0.3) is 0 Å². The molecule has 0 rings (SSSR count). The lowest BCUT2D eigenvalue weighted by Crippen LogP contribution is -2.38. The third kappa shape index (κ3) is 2.94. The maximum atomic E-state index is 11.1. The molecule has 0 aromatic rings. The Bertz CT molecular complexity index is 235. The van der Waals surface area contributed by atoms with Crippen LogP contribution in [0.15, 0.2) is 0 Å². The number of carboxylic acids is 2. The maximum Gasteiger partial charge on any atom is 0.309 e. The normalized spacial score (nSPS) is 18.9. The number of hydrogen-bond acceptors (Lipinski definition) is 2. The molecule has 15 heavy (non-hydrogen) atoms. The van der Waals surface area contributed by atoms with Gasteiger partial charge < -0.3 is 10.2 Å². The Morgan fingerprint density at radius 2 is 1.20 bits per heavy atom. The lowest BCUT2D eigenvalue weighted by molar-refractivity contribution is -0.156. The molecular formula is C11H20O4. The van der Waals surface area contributed by atoms with E-state index in [2.05, 4.69) is 0 Å². The highest BCUT2D eigenvalue weighted by atomic mass is 16.4. The summed E-state index contributed by atoms with van der Waals surface area (Å²) in [5.41, 5.74) is -1.91. The molecule has 1 unspecified atom stereocenters. The monoisotopic (exact) mass is 216 g/mol. The topological polar surface area (TPSA) is 74.6 Å². The fourth-order valence-corrected chi connectivity index (χ4v) is 1.56. The highest BCUT2D eigenvalue weighted by Gasteiger charge is 2.42. The Kier molecular flexibility index (Phi) is 4.31. The Labute approximate surface area is 90.3 Å². The SMILES string of the molecule is CCC(C)(C[C@](C)(CC)C(=O)O)C(=O)O. The zero-order chi connectivity index (χ0) is 12.3. The molecule has 2 N–H and O–H groups in total. The van der Waals surface area contributed by atoms with Gasteiger partial charge in [-0.15, -0.1) is 0 Å². The van der Waals surface area contributed by atoms with E-state index in [1.54, 1.807) is 27.7 Å². The number of hydrogen-bond donors (Lipinski definition) is 2. The molecule has 0 aliphatic heterocycles. The molecule has 0 bridgehead atoms. The van der Waals surface area contributed by atoms with Gasteiger partial charge in [-0.25, -0.2) is 0 Å². The Hall–Kier alpha value is -1.06. The van der Waals surface area contributed by atoms with Gasteiger partial charge in [-0.05, 0) is 33.1 Å². The predicted octanol–water partition coefficient (Wildman–Crippen LogP) is 2.38. The van der Waals surface area contributed by atoms with E-state index in [1.165, 1.54) is 0 Å². The summed E-state index contributed by atoms with van der Waals surface area (Å²) in [7, 11) is 0. The van der Waals surface area contributed by atoms with Crippen molar-refractivity contribution in [3.63, 3.8) is 0 Å². The van der Waals surface area contributed by atoms with Crippen molar-refractivity contribution in [3.05, 3.63) is 0 Å². The van der Waals surface area contributed by atoms with E-state index in [0.717, 1.165) is 0 Å². The smallest absolute Gasteiger partial charge is 0.309 e. The first-order valence-corrected chi connectivity index (χ1v) is 5.18. The van der Waals surface area contributed by atoms with E-state index in [9.17, 15) is 9.59 Å². The molecular weight excluding hydrogens is 196 g/mol. The summed E-state index contributed by atoms with van der Waals surface area (Å²) in [6, 6.07) is 0. The summed E-state index contributed by atoms with van der Waals surface area (Å²) in [5, 5.41) is 18.2. The van der Waals surface area contributed by atoms with Crippen molar-refractivity contribution < 1.29 is 19.8 Å². The average Bonchev–Trinajstić information content (AvgIpc) is 2.16. The van der Waals surface area contributed by atoms with E-state index in [4.69, 9.17) is 10.2 Å². The molecule has 4 heteroatoms. The number of carboxylic acid groups (broad SMARTS) is 2. The molecule has 0 amide bonds. The van der Waals surface area contributed by atoms with Crippen LogP contribution in [0.5, 0.6) is 0 Å². The fourth-order valence-electron chi connectivity index (χ4n) is 1.56. The van der Waals surface area contributed by atoms with Gasteiger partial charge in [-0.3, -0.25) is 9.59 Å². The van der Waals surface area contributed by atoms with Crippen molar-refractivity contribution in [1.82, 2.24) is 0 Å². The van der Waals surface area contributed by atoms with Crippen molar-refractivity contribution in [2.45, 2.75) is 47.0 Å². The summed E-state index contributed by atoms with van der Waals surface area (Å²) in [6.45, 7) is 6.75. The molecule has 88 valence electrons. The van der Waals surface area contributed by atoms with E-state index < -0.39 is 22.8 Å². The summed E-state index contributed by atoms with van der Waals surface area (Å²) in [4.78, 5) is 22.2. The van der Waals surface area contributed by atoms with Crippen molar-refractivity contribution >= 4 is 11.9 Å². The summed E-state index contributed by atoms with van der Waals surface area (Å²) in [6.07, 6.45) is 1.04. The van der Waals surface area contributed by atoms with E-state index in [0.29, 0.717) is 12.8 Å². The van der Waals surface area contributed by atoms with E-state index in [-0.39, 0.29) is 6.42 Å². The number of rotatable bonds is 6. The second-order valence-electron chi connectivity index (χ2n) is 4.62. The van der Waals surface area contributed by atoms with Gasteiger partial charge in [-0.2, -0.15) is 0 Å². The van der Waals surface area contributed by atoms with Gasteiger partial charge >= 0.3 is 11.9 Å². The molecule has 0 aromatic heterocycles. The predicted molar refractivity (Wildman–Crippen MR) is 56.7 cm³/mol. The first kappa shape index (κ1) is 13.9. The average molecular weight is 216 g/mol. The van der Waals surface area contributed by atoms with Gasteiger partial charge in [0.05, 0.1) is 10.8 Å². The van der Waals surface area contributed by atoms with E-state index >= 15 is 0 Å². The lowest BCUT2D eigenvalue weighted by Gasteiger charge is -2.32. The quantitative estimate of drug-likeness (QED) is 0.714. The second-order valence-corrected chi connectivity index (χ2v) is 4.62. The molecule has 0 aliphatic carbocycles. The first-order chi connectivity index (χ1) is 6.72. The minimum atomic E-state index is -0.955. The largest absolute Gasteiger partial charge is 0.481 e. The summed E-state index contributed by atoms with van der Waals surface area (Å²) in [5.74, 6) is -1.85. The van der Waals surface area contributed by atoms with Crippen LogP contribution >= 0.6 is 0 Å². The minimum Gasteiger partial charge on any atom is -0.481 e. The molecule has 0 saturated heterocycles. The van der Waals surface area contributed by atoms with Crippen LogP contribution in [-0.4, -0.2) is 22.2 Å². The number of carbonyl (C=O) groups is 2. The molecule has 0 aliphatic rings. The lowest BCUT2D eigenvalue weighted by atomic mass is 9.70. The van der Waals surface area contributed by atoms with Gasteiger partial charge in [0.2, 0.25) is 0 Å². The molecule has 0 aromatic carbocycles. The van der Waals surface area contributed by atoms with Crippen LogP contribution in [0.1, 0.15) is 47.0 Å². The Morgan fingerprint density at radius 3 is 1.33 bits per heavy atom. The van der Waals surface area contributed by atoms with Crippen LogP contribution < -0.4 is 0 Å². The Morgan fingerprint density at radius 1 is 0.933 bits per heavy atom. The standard InChI is InChI=1S/C11H20O4/c1-5-10(3,8(12)13)7-11(4,6-2)9(14)15/h5-7H2,1-4H3,(H,12,13)(H,14,15)/t10-,11?/m0/s1. The van der Waals surface area contributed by atoms with E-state index in [1.807, 2.05) is 0 Å². The molecule has 4 nitrogen and oxygen atoms in total. The maximum absolute atomic E-state index is 11.1. The van der Waals surface area contributed by atoms with Crippen LogP contribution in [0.3, 0.4) is 0 Å². The number of aliphatic carboxylic acids is 2. The third-order valence-corrected chi connectivity index (χ3v) is 3.37. The molecule has 2 atom stereocenters. The van der Waals surface area contributed by atoms with Gasteiger partial charge in [0.15, 0.2) is 0 Å². The third-order valence-electron chi connectivity index (χ3n) is 3.37. The van der Waals surface area contributed by atoms with Crippen LogP contribution in [0.2, 0.25) is 0 Å². The fraction of sp³-hybridized carbons (Fsp3) is 0.818. The molecule has 0 spiro atoms. The summed E-state index contributed by atoms with van der Waals surface area (Å²) < 4.78 is 0. The Balaban J connectivity index is 4.95. The summed E-state index contributed by atoms with van der Waals surface area (Å²) >= 11 is 0. The van der Waals surface area contributed by atoms with Crippen LogP contribution in [0, 0.1) is 10.8 Å². The van der Waals surface area contributed by atoms with Crippen molar-refractivity contribution in [3.8, 4) is 0 Å². The molecule has 0 radical (unpaired) electrons. The highest BCUT2D eigenvalue weighted by molar-refractivity contribution is 5.78. The highest BCUT2D eigenvalue weighted by Crippen LogP contribution is 2.39. The van der Waals surface area contributed by atoms with Crippen molar-refractivity contribution in [2.75, 3.05) is 0 Å².